The van der Waals surface area contributed by atoms with Crippen LogP contribution in [0.25, 0.3) is 0 Å². The lowest BCUT2D eigenvalue weighted by atomic mass is 10.1. The van der Waals surface area contributed by atoms with E-state index in [0.717, 1.165) is 33.9 Å². The van der Waals surface area contributed by atoms with Crippen LogP contribution in [0.4, 0.5) is 5.69 Å². The van der Waals surface area contributed by atoms with Crippen molar-refractivity contribution in [3.05, 3.63) is 89.5 Å². The number of thiocarbonyl (C=S) groups is 1. The highest BCUT2D eigenvalue weighted by molar-refractivity contribution is 8.00. The SMILES string of the molecule is COc1ccc(CSC(C)(C)C(=O)NCCN(CCNCc2ccc(N=C=S)cc2)C(=O)C(C)(C)SCc2ccc(OC)cc2)cc1. The number of isothiocyanates is 1. The first-order valence-electron chi connectivity index (χ1n) is 15.5. The lowest BCUT2D eigenvalue weighted by Gasteiger charge is -2.32. The van der Waals surface area contributed by atoms with Gasteiger partial charge in [0, 0.05) is 44.2 Å². The first kappa shape index (κ1) is 38.1. The Hall–Kier alpha value is -3.34. The third-order valence-corrected chi connectivity index (χ3v) is 10.4. The zero-order valence-electron chi connectivity index (χ0n) is 28.1. The Bertz CT molecular complexity index is 1470. The number of carbonyl (C=O) groups is 2. The molecule has 0 fully saturated rings. The van der Waals surface area contributed by atoms with Gasteiger partial charge in [-0.15, -0.1) is 23.5 Å². The van der Waals surface area contributed by atoms with Crippen LogP contribution in [0.15, 0.2) is 77.8 Å². The second-order valence-corrected chi connectivity index (χ2v) is 15.3. The third kappa shape index (κ3) is 12.7. The van der Waals surface area contributed by atoms with Gasteiger partial charge in [-0.05, 0) is 93.0 Å². The minimum absolute atomic E-state index is 0.0302. The quantitative estimate of drug-likeness (QED) is 0.0796. The van der Waals surface area contributed by atoms with E-state index in [1.165, 1.54) is 0 Å². The van der Waals surface area contributed by atoms with Crippen LogP contribution in [0.1, 0.15) is 44.4 Å². The van der Waals surface area contributed by atoms with E-state index in [1.807, 2.05) is 105 Å². The van der Waals surface area contributed by atoms with Gasteiger partial charge in [-0.3, -0.25) is 9.59 Å². The number of carbonyl (C=O) groups excluding carboxylic acids is 2. The maximum atomic E-state index is 13.9. The van der Waals surface area contributed by atoms with Crippen LogP contribution in [-0.4, -0.2) is 71.8 Å². The van der Waals surface area contributed by atoms with E-state index < -0.39 is 9.49 Å². The predicted octanol–water partition coefficient (Wildman–Crippen LogP) is 6.90. The number of nitrogens with one attached hydrogen (secondary N) is 2. The molecule has 252 valence electrons. The molecule has 0 radical (unpaired) electrons. The van der Waals surface area contributed by atoms with Crippen molar-refractivity contribution in [2.24, 2.45) is 4.99 Å². The number of aliphatic imine (C=N–C) groups is 1. The van der Waals surface area contributed by atoms with Crippen LogP contribution in [0, 0.1) is 0 Å². The lowest BCUT2D eigenvalue weighted by molar-refractivity contribution is -0.133. The van der Waals surface area contributed by atoms with Crippen molar-refractivity contribution in [3.8, 4) is 11.5 Å². The molecule has 2 N–H and O–H groups in total. The minimum atomic E-state index is -0.671. The van der Waals surface area contributed by atoms with Gasteiger partial charge in [0.05, 0.1) is 34.6 Å². The Kier molecular flexibility index (Phi) is 15.3. The molecule has 8 nitrogen and oxygen atoms in total. The van der Waals surface area contributed by atoms with Gasteiger partial charge in [-0.2, -0.15) is 4.99 Å². The topological polar surface area (TPSA) is 92.3 Å². The second-order valence-electron chi connectivity index (χ2n) is 11.9. The fraction of sp³-hybridized carbons (Fsp3) is 0.417. The monoisotopic (exact) mass is 694 g/mol. The molecule has 0 unspecified atom stereocenters. The van der Waals surface area contributed by atoms with Crippen molar-refractivity contribution in [2.75, 3.05) is 40.4 Å². The van der Waals surface area contributed by atoms with Gasteiger partial charge in [0.2, 0.25) is 11.8 Å². The van der Waals surface area contributed by atoms with Gasteiger partial charge in [-0.1, -0.05) is 36.4 Å². The van der Waals surface area contributed by atoms with Gasteiger partial charge in [0.25, 0.3) is 0 Å². The molecule has 0 saturated heterocycles. The van der Waals surface area contributed by atoms with Crippen LogP contribution in [0.3, 0.4) is 0 Å². The Morgan fingerprint density at radius 2 is 1.26 bits per heavy atom. The number of hydrogen-bond donors (Lipinski definition) is 2. The van der Waals surface area contributed by atoms with Crippen molar-refractivity contribution in [1.29, 1.82) is 0 Å². The summed E-state index contributed by atoms with van der Waals surface area (Å²) >= 11 is 7.86. The number of amides is 2. The fourth-order valence-corrected chi connectivity index (χ4v) is 6.50. The standard InChI is InChI=1S/C36H46N4O4S3/c1-35(2,46-24-28-9-15-31(43-5)16-10-28)33(41)38-20-22-40(21-19-37-23-27-7-13-30(14-8-27)39-26-45)34(42)36(3,4)47-25-29-11-17-32(44-6)18-12-29/h7-18,37H,19-25H2,1-6H3,(H,38,41). The number of rotatable bonds is 19. The van der Waals surface area contributed by atoms with Gasteiger partial charge in [0.1, 0.15) is 11.5 Å². The predicted molar refractivity (Wildman–Crippen MR) is 199 cm³/mol. The minimum Gasteiger partial charge on any atom is -0.497 e. The van der Waals surface area contributed by atoms with E-state index in [1.54, 1.807) is 37.7 Å². The summed E-state index contributed by atoms with van der Waals surface area (Å²) in [7, 11) is 3.29. The number of thioether (sulfide) groups is 2. The molecule has 3 rings (SSSR count). The first-order chi connectivity index (χ1) is 22.5. The summed E-state index contributed by atoms with van der Waals surface area (Å²) in [6, 6.07) is 23.5. The summed E-state index contributed by atoms with van der Waals surface area (Å²) < 4.78 is 9.20. The molecule has 0 atom stereocenters. The zero-order valence-corrected chi connectivity index (χ0v) is 30.6. The van der Waals surface area contributed by atoms with E-state index >= 15 is 0 Å². The van der Waals surface area contributed by atoms with Crippen molar-refractivity contribution >= 4 is 58.4 Å². The summed E-state index contributed by atoms with van der Waals surface area (Å²) in [5, 5.41) is 8.90. The van der Waals surface area contributed by atoms with Crippen molar-refractivity contribution in [3.63, 3.8) is 0 Å². The highest BCUT2D eigenvalue weighted by Gasteiger charge is 2.33. The highest BCUT2D eigenvalue weighted by atomic mass is 32.2. The maximum Gasteiger partial charge on any atom is 0.238 e. The molecule has 0 bridgehead atoms. The first-order valence-corrected chi connectivity index (χ1v) is 17.8. The third-order valence-electron chi connectivity index (χ3n) is 7.53. The summed E-state index contributed by atoms with van der Waals surface area (Å²) in [5.41, 5.74) is 4.10. The Labute approximate surface area is 293 Å². The molecule has 47 heavy (non-hydrogen) atoms. The fourth-order valence-electron chi connectivity index (χ4n) is 4.50. The number of ether oxygens (including phenoxy) is 2. The van der Waals surface area contributed by atoms with Crippen LogP contribution in [0.2, 0.25) is 0 Å². The Morgan fingerprint density at radius 3 is 1.77 bits per heavy atom. The average Bonchev–Trinajstić information content (AvgIpc) is 3.08. The molecule has 0 spiro atoms. The van der Waals surface area contributed by atoms with Gasteiger partial charge < -0.3 is 25.0 Å². The molecule has 3 aromatic carbocycles. The molecule has 0 aromatic heterocycles. The normalized spacial score (nSPS) is 11.4. The maximum absolute atomic E-state index is 13.9. The molecule has 0 aliphatic rings. The molecule has 0 aliphatic heterocycles. The molecule has 0 saturated carbocycles. The molecule has 11 heteroatoms. The van der Waals surface area contributed by atoms with Gasteiger partial charge in [-0.25, -0.2) is 0 Å². The van der Waals surface area contributed by atoms with Crippen molar-refractivity contribution in [1.82, 2.24) is 15.5 Å². The lowest BCUT2D eigenvalue weighted by Crippen LogP contribution is -2.50. The summed E-state index contributed by atoms with van der Waals surface area (Å²) in [6.07, 6.45) is 0. The largest absolute Gasteiger partial charge is 0.497 e. The Balaban J connectivity index is 1.59. The molecule has 3 aromatic rings. The van der Waals surface area contributed by atoms with Gasteiger partial charge >= 0.3 is 0 Å². The highest BCUT2D eigenvalue weighted by Crippen LogP contribution is 2.31. The van der Waals surface area contributed by atoms with E-state index in [9.17, 15) is 9.59 Å². The molecule has 0 aliphatic carbocycles. The average molecular weight is 695 g/mol. The molecular weight excluding hydrogens is 649 g/mol. The zero-order chi connectivity index (χ0) is 34.3. The van der Waals surface area contributed by atoms with Crippen molar-refractivity contribution in [2.45, 2.75) is 55.2 Å². The second kappa shape index (κ2) is 18.9. The van der Waals surface area contributed by atoms with E-state index in [4.69, 9.17) is 9.47 Å². The van der Waals surface area contributed by atoms with E-state index in [-0.39, 0.29) is 11.8 Å². The molecule has 2 amide bonds. The number of methoxy groups -OCH3 is 2. The number of hydrogen-bond acceptors (Lipinski definition) is 9. The van der Waals surface area contributed by atoms with Crippen LogP contribution in [-0.2, 0) is 27.6 Å². The van der Waals surface area contributed by atoms with Crippen LogP contribution < -0.4 is 20.1 Å². The Morgan fingerprint density at radius 1 is 0.766 bits per heavy atom. The summed E-state index contributed by atoms with van der Waals surface area (Å²) in [4.78, 5) is 33.0. The van der Waals surface area contributed by atoms with E-state index in [0.29, 0.717) is 44.2 Å². The number of benzene rings is 3. The van der Waals surface area contributed by atoms with Crippen LogP contribution in [0.5, 0.6) is 11.5 Å². The smallest absolute Gasteiger partial charge is 0.238 e. The number of nitrogens with zero attached hydrogens (tertiary/aromatic N) is 2. The van der Waals surface area contributed by atoms with Crippen LogP contribution >= 0.6 is 35.7 Å². The van der Waals surface area contributed by atoms with Gasteiger partial charge in [0.15, 0.2) is 0 Å². The summed E-state index contributed by atoms with van der Waals surface area (Å²) in [6.45, 7) is 10.3. The molecule has 0 heterocycles. The summed E-state index contributed by atoms with van der Waals surface area (Å²) in [5.74, 6) is 2.96. The molecular formula is C36H46N4O4S3. The van der Waals surface area contributed by atoms with Crippen molar-refractivity contribution < 1.29 is 19.1 Å². The van der Waals surface area contributed by atoms with E-state index in [2.05, 4.69) is 33.0 Å².